The van der Waals surface area contributed by atoms with E-state index in [9.17, 15) is 14.9 Å². The molecule has 0 aliphatic carbocycles. The van der Waals surface area contributed by atoms with Crippen LogP contribution in [0.2, 0.25) is 0 Å². The summed E-state index contributed by atoms with van der Waals surface area (Å²) in [4.78, 5) is 22.4. The van der Waals surface area contributed by atoms with Crippen molar-refractivity contribution in [3.63, 3.8) is 0 Å². The zero-order chi connectivity index (χ0) is 20.1. The molecule has 144 valence electrons. The fraction of sp³-hybridized carbons (Fsp3) is 0.211. The van der Waals surface area contributed by atoms with Crippen LogP contribution in [0.4, 0.5) is 11.4 Å². The molecule has 3 rings (SSSR count). The fourth-order valence-electron chi connectivity index (χ4n) is 2.75. The molecule has 0 saturated carbocycles. The van der Waals surface area contributed by atoms with Crippen molar-refractivity contribution >= 4 is 23.4 Å². The first-order chi connectivity index (χ1) is 13.5. The Morgan fingerprint density at radius 2 is 2.14 bits per heavy atom. The van der Waals surface area contributed by atoms with Gasteiger partial charge in [-0.15, -0.1) is 0 Å². The Morgan fingerprint density at radius 3 is 2.86 bits per heavy atom. The molecule has 2 heterocycles. The van der Waals surface area contributed by atoms with E-state index >= 15 is 0 Å². The van der Waals surface area contributed by atoms with Crippen LogP contribution in [0.3, 0.4) is 0 Å². The van der Waals surface area contributed by atoms with Crippen LogP contribution in [0.15, 0.2) is 48.9 Å². The van der Waals surface area contributed by atoms with Crippen molar-refractivity contribution < 1.29 is 9.72 Å². The molecule has 0 spiro atoms. The van der Waals surface area contributed by atoms with Crippen LogP contribution >= 0.6 is 0 Å². The summed E-state index contributed by atoms with van der Waals surface area (Å²) >= 11 is 0. The smallest absolute Gasteiger partial charge is 0.270 e. The maximum absolute atomic E-state index is 12.1. The summed E-state index contributed by atoms with van der Waals surface area (Å²) in [5, 5.41) is 22.1. The molecule has 0 aliphatic rings. The van der Waals surface area contributed by atoms with Crippen LogP contribution in [-0.2, 0) is 17.9 Å². The molecule has 1 aromatic carbocycles. The zero-order valence-corrected chi connectivity index (χ0v) is 15.6. The molecule has 0 unspecified atom stereocenters. The van der Waals surface area contributed by atoms with Gasteiger partial charge in [0.25, 0.3) is 5.69 Å². The summed E-state index contributed by atoms with van der Waals surface area (Å²) in [6, 6.07) is 6.06. The topological polar surface area (TPSA) is 108 Å². The number of carbonyl (C=O) groups is 1. The Hall–Kier alpha value is -3.75. The largest absolute Gasteiger partial charge is 0.320 e. The number of amides is 1. The minimum absolute atomic E-state index is 0.0227. The monoisotopic (exact) mass is 380 g/mol. The van der Waals surface area contributed by atoms with Crippen molar-refractivity contribution in [2.45, 2.75) is 26.9 Å². The van der Waals surface area contributed by atoms with E-state index in [0.29, 0.717) is 17.8 Å². The normalized spacial score (nSPS) is 11.1. The second-order valence-corrected chi connectivity index (χ2v) is 6.17. The van der Waals surface area contributed by atoms with E-state index in [1.54, 1.807) is 29.2 Å². The average molecular weight is 380 g/mol. The maximum Gasteiger partial charge on any atom is 0.270 e. The molecule has 0 bridgehead atoms. The number of nitro groups is 1. The summed E-state index contributed by atoms with van der Waals surface area (Å²) in [6.07, 6.45) is 7.97. The predicted octanol–water partition coefficient (Wildman–Crippen LogP) is 3.02. The minimum atomic E-state index is -0.474. The van der Waals surface area contributed by atoms with Crippen molar-refractivity contribution in [1.29, 1.82) is 0 Å². The molecule has 0 radical (unpaired) electrons. The van der Waals surface area contributed by atoms with Gasteiger partial charge in [-0.3, -0.25) is 24.3 Å². The highest BCUT2D eigenvalue weighted by Gasteiger charge is 2.08. The number of benzene rings is 1. The number of hydrogen-bond donors (Lipinski definition) is 1. The standard InChI is InChI=1S/C19H20N6O3/c1-3-24-14(2)16(10-21-24)12-23-13-17(11-20-23)22-19(26)8-7-15-5-4-6-18(9-15)25(27)28/h4-11,13H,3,12H2,1-2H3,(H,22,26)/b8-7+. The molecule has 1 N–H and O–H groups in total. The highest BCUT2D eigenvalue weighted by Crippen LogP contribution is 2.15. The van der Waals surface area contributed by atoms with E-state index < -0.39 is 4.92 Å². The van der Waals surface area contributed by atoms with E-state index in [4.69, 9.17) is 0 Å². The van der Waals surface area contributed by atoms with E-state index in [1.165, 1.54) is 24.3 Å². The molecule has 0 saturated heterocycles. The Morgan fingerprint density at radius 1 is 1.32 bits per heavy atom. The zero-order valence-electron chi connectivity index (χ0n) is 15.6. The number of carbonyl (C=O) groups excluding carboxylic acids is 1. The lowest BCUT2D eigenvalue weighted by molar-refractivity contribution is -0.384. The highest BCUT2D eigenvalue weighted by molar-refractivity contribution is 6.01. The molecule has 0 atom stereocenters. The second kappa shape index (κ2) is 8.30. The van der Waals surface area contributed by atoms with Gasteiger partial charge in [0, 0.05) is 42.2 Å². The Kier molecular flexibility index (Phi) is 5.64. The molecular formula is C19H20N6O3. The van der Waals surface area contributed by atoms with Gasteiger partial charge < -0.3 is 5.32 Å². The molecule has 28 heavy (non-hydrogen) atoms. The summed E-state index contributed by atoms with van der Waals surface area (Å²) in [6.45, 7) is 5.41. The Labute approximate surface area is 161 Å². The molecule has 0 aliphatic heterocycles. The van der Waals surface area contributed by atoms with Crippen molar-refractivity contribution in [1.82, 2.24) is 19.6 Å². The third-order valence-corrected chi connectivity index (χ3v) is 4.25. The molecule has 3 aromatic rings. The average Bonchev–Trinajstić information content (AvgIpc) is 3.27. The van der Waals surface area contributed by atoms with Gasteiger partial charge in [-0.05, 0) is 25.5 Å². The van der Waals surface area contributed by atoms with Crippen molar-refractivity contribution in [2.75, 3.05) is 5.32 Å². The maximum atomic E-state index is 12.1. The summed E-state index contributed by atoms with van der Waals surface area (Å²) < 4.78 is 3.64. The third-order valence-electron chi connectivity index (χ3n) is 4.25. The van der Waals surface area contributed by atoms with Gasteiger partial charge in [0.1, 0.15) is 0 Å². The predicted molar refractivity (Wildman–Crippen MR) is 105 cm³/mol. The van der Waals surface area contributed by atoms with Crippen LogP contribution in [0.25, 0.3) is 6.08 Å². The Bertz CT molecular complexity index is 1030. The van der Waals surface area contributed by atoms with Crippen molar-refractivity contribution in [3.8, 4) is 0 Å². The first-order valence-corrected chi connectivity index (χ1v) is 8.73. The number of rotatable bonds is 7. The van der Waals surface area contributed by atoms with Gasteiger partial charge in [0.2, 0.25) is 5.91 Å². The van der Waals surface area contributed by atoms with Crippen molar-refractivity contribution in [2.24, 2.45) is 0 Å². The van der Waals surface area contributed by atoms with E-state index in [1.807, 2.05) is 24.7 Å². The lowest BCUT2D eigenvalue weighted by Crippen LogP contribution is -2.07. The van der Waals surface area contributed by atoms with Gasteiger partial charge in [-0.1, -0.05) is 12.1 Å². The molecule has 2 aromatic heterocycles. The SMILES string of the molecule is CCn1ncc(Cn2cc(NC(=O)/C=C/c3cccc([N+](=O)[O-])c3)cn2)c1C. The number of non-ortho nitro benzene ring substituents is 1. The van der Waals surface area contributed by atoms with Gasteiger partial charge in [-0.2, -0.15) is 10.2 Å². The number of aromatic nitrogens is 4. The first-order valence-electron chi connectivity index (χ1n) is 8.73. The van der Waals surface area contributed by atoms with Gasteiger partial charge in [0.15, 0.2) is 0 Å². The minimum Gasteiger partial charge on any atom is -0.320 e. The third kappa shape index (κ3) is 4.50. The first kappa shape index (κ1) is 19.0. The quantitative estimate of drug-likeness (QED) is 0.385. The Balaban J connectivity index is 1.61. The molecule has 0 fully saturated rings. The fourth-order valence-corrected chi connectivity index (χ4v) is 2.75. The van der Waals surface area contributed by atoms with Gasteiger partial charge >= 0.3 is 0 Å². The molecule has 1 amide bonds. The summed E-state index contributed by atoms with van der Waals surface area (Å²) in [5.41, 5.74) is 3.26. The van der Waals surface area contributed by atoms with Crippen LogP contribution in [-0.4, -0.2) is 30.4 Å². The van der Waals surface area contributed by atoms with E-state index in [-0.39, 0.29) is 11.6 Å². The van der Waals surface area contributed by atoms with Crippen LogP contribution < -0.4 is 5.32 Å². The van der Waals surface area contributed by atoms with Crippen LogP contribution in [0.5, 0.6) is 0 Å². The molecule has 9 nitrogen and oxygen atoms in total. The van der Waals surface area contributed by atoms with Gasteiger partial charge in [-0.25, -0.2) is 0 Å². The summed E-state index contributed by atoms with van der Waals surface area (Å²) in [7, 11) is 0. The van der Waals surface area contributed by atoms with E-state index in [2.05, 4.69) is 15.5 Å². The number of aryl methyl sites for hydroxylation is 1. The number of nitrogens with zero attached hydrogens (tertiary/aromatic N) is 5. The van der Waals surface area contributed by atoms with Gasteiger partial charge in [0.05, 0.1) is 29.5 Å². The summed E-state index contributed by atoms with van der Waals surface area (Å²) in [5.74, 6) is -0.346. The number of nitro benzene ring substituents is 1. The lowest BCUT2D eigenvalue weighted by atomic mass is 10.2. The number of hydrogen-bond acceptors (Lipinski definition) is 5. The van der Waals surface area contributed by atoms with Crippen LogP contribution in [0.1, 0.15) is 23.7 Å². The van der Waals surface area contributed by atoms with Crippen molar-refractivity contribution in [3.05, 3.63) is 75.9 Å². The molecular weight excluding hydrogens is 360 g/mol. The van der Waals surface area contributed by atoms with Crippen LogP contribution in [0, 0.1) is 17.0 Å². The number of anilines is 1. The molecule has 9 heteroatoms. The lowest BCUT2D eigenvalue weighted by Gasteiger charge is -2.02. The number of nitrogens with one attached hydrogen (secondary N) is 1. The van der Waals surface area contributed by atoms with E-state index in [0.717, 1.165) is 17.8 Å². The second-order valence-electron chi connectivity index (χ2n) is 6.17. The highest BCUT2D eigenvalue weighted by atomic mass is 16.6.